The van der Waals surface area contributed by atoms with Gasteiger partial charge in [-0.05, 0) is 24.6 Å². The van der Waals surface area contributed by atoms with Gasteiger partial charge in [-0.15, -0.1) is 0 Å². The van der Waals surface area contributed by atoms with E-state index in [1.807, 2.05) is 0 Å². The molecule has 20 heavy (non-hydrogen) atoms. The van der Waals surface area contributed by atoms with Gasteiger partial charge < -0.3 is 14.8 Å². The van der Waals surface area contributed by atoms with Crippen molar-refractivity contribution in [3.05, 3.63) is 23.8 Å². The molecule has 0 spiro atoms. The molecule has 106 valence electrons. The number of oxazole rings is 1. The monoisotopic (exact) mass is 296 g/mol. The summed E-state index contributed by atoms with van der Waals surface area (Å²) < 4.78 is 28.1. The van der Waals surface area contributed by atoms with Crippen molar-refractivity contribution >= 4 is 32.9 Å². The van der Waals surface area contributed by atoms with Gasteiger partial charge in [0.1, 0.15) is 5.52 Å². The van der Waals surface area contributed by atoms with Gasteiger partial charge >= 0.3 is 5.97 Å². The van der Waals surface area contributed by atoms with Crippen LogP contribution < -0.4 is 5.32 Å². The molecule has 0 radical (unpaired) electrons. The van der Waals surface area contributed by atoms with E-state index in [1.165, 1.54) is 12.1 Å². The number of rotatable bonds is 3. The number of benzene rings is 1. The molecule has 1 aliphatic heterocycles. The van der Waals surface area contributed by atoms with Crippen LogP contribution in [0.15, 0.2) is 22.6 Å². The van der Waals surface area contributed by atoms with Gasteiger partial charge in [0.2, 0.25) is 0 Å². The Kier molecular flexibility index (Phi) is 2.89. The molecular formula is C12H12N2O5S. The highest BCUT2D eigenvalue weighted by molar-refractivity contribution is 7.91. The number of aromatic carboxylic acids is 1. The van der Waals surface area contributed by atoms with E-state index in [-0.39, 0.29) is 29.1 Å². The van der Waals surface area contributed by atoms with Crippen LogP contribution in [-0.2, 0) is 9.84 Å². The first-order chi connectivity index (χ1) is 9.43. The van der Waals surface area contributed by atoms with E-state index in [1.54, 1.807) is 6.07 Å². The summed E-state index contributed by atoms with van der Waals surface area (Å²) in [4.78, 5) is 15.0. The molecule has 3 rings (SSSR count). The molecule has 8 heteroatoms. The Morgan fingerprint density at radius 3 is 2.90 bits per heavy atom. The smallest absolute Gasteiger partial charge is 0.335 e. The first kappa shape index (κ1) is 12.9. The minimum atomic E-state index is -2.97. The summed E-state index contributed by atoms with van der Waals surface area (Å²) in [5.74, 6) is -0.820. The zero-order valence-electron chi connectivity index (χ0n) is 10.4. The number of sulfone groups is 1. The number of hydrogen-bond acceptors (Lipinski definition) is 6. The summed E-state index contributed by atoms with van der Waals surface area (Å²) in [6, 6.07) is 4.38. The van der Waals surface area contributed by atoms with Crippen molar-refractivity contribution in [2.24, 2.45) is 0 Å². The number of anilines is 1. The van der Waals surface area contributed by atoms with Crippen molar-refractivity contribution in [3.63, 3.8) is 0 Å². The molecule has 0 bridgehead atoms. The fourth-order valence-electron chi connectivity index (χ4n) is 2.20. The van der Waals surface area contributed by atoms with Crippen LogP contribution in [0.4, 0.5) is 6.01 Å². The molecule has 1 fully saturated rings. The highest BCUT2D eigenvalue weighted by atomic mass is 32.2. The summed E-state index contributed by atoms with van der Waals surface area (Å²) in [6.07, 6.45) is 0.515. The summed E-state index contributed by atoms with van der Waals surface area (Å²) in [7, 11) is -2.97. The SMILES string of the molecule is O=C(O)c1ccc2nc(NC3CCS(=O)(=O)C3)oc2c1. The second-order valence-corrected chi connectivity index (χ2v) is 6.98. The molecule has 0 aliphatic carbocycles. The largest absolute Gasteiger partial charge is 0.478 e. The van der Waals surface area contributed by atoms with Crippen LogP contribution in [0.3, 0.4) is 0 Å². The lowest BCUT2D eigenvalue weighted by molar-refractivity contribution is 0.0697. The molecule has 2 heterocycles. The number of carboxylic acids is 1. The van der Waals surface area contributed by atoms with Crippen molar-refractivity contribution in [1.82, 2.24) is 4.98 Å². The first-order valence-electron chi connectivity index (χ1n) is 6.04. The maximum absolute atomic E-state index is 11.4. The van der Waals surface area contributed by atoms with Gasteiger partial charge in [-0.1, -0.05) is 0 Å². The number of hydrogen-bond donors (Lipinski definition) is 2. The second kappa shape index (κ2) is 4.48. The fourth-order valence-corrected chi connectivity index (χ4v) is 3.88. The van der Waals surface area contributed by atoms with Crippen molar-refractivity contribution in [2.75, 3.05) is 16.8 Å². The Hall–Kier alpha value is -2.09. The highest BCUT2D eigenvalue weighted by Gasteiger charge is 2.28. The molecule has 7 nitrogen and oxygen atoms in total. The van der Waals surface area contributed by atoms with Gasteiger partial charge in [-0.3, -0.25) is 0 Å². The maximum Gasteiger partial charge on any atom is 0.335 e. The van der Waals surface area contributed by atoms with E-state index >= 15 is 0 Å². The molecular weight excluding hydrogens is 284 g/mol. The molecule has 0 saturated carbocycles. The summed E-state index contributed by atoms with van der Waals surface area (Å²) in [6.45, 7) is 0. The molecule has 1 unspecified atom stereocenters. The van der Waals surface area contributed by atoms with E-state index < -0.39 is 15.8 Å². The Morgan fingerprint density at radius 1 is 1.45 bits per heavy atom. The van der Waals surface area contributed by atoms with Crippen molar-refractivity contribution in [1.29, 1.82) is 0 Å². The molecule has 0 amide bonds. The molecule has 1 aliphatic rings. The molecule has 2 aromatic rings. The summed E-state index contributed by atoms with van der Waals surface area (Å²) in [5, 5.41) is 11.8. The molecule has 2 N–H and O–H groups in total. The zero-order valence-corrected chi connectivity index (χ0v) is 11.2. The third-order valence-corrected chi connectivity index (χ3v) is 4.96. The average Bonchev–Trinajstić information content (AvgIpc) is 2.91. The predicted octanol–water partition coefficient (Wildman–Crippen LogP) is 1.12. The van der Waals surface area contributed by atoms with E-state index in [2.05, 4.69) is 10.3 Å². The minimum Gasteiger partial charge on any atom is -0.478 e. The van der Waals surface area contributed by atoms with E-state index in [0.717, 1.165) is 0 Å². The lowest BCUT2D eigenvalue weighted by atomic mass is 10.2. The van der Waals surface area contributed by atoms with Crippen LogP contribution >= 0.6 is 0 Å². The normalized spacial score (nSPS) is 21.1. The first-order valence-corrected chi connectivity index (χ1v) is 7.86. The number of fused-ring (bicyclic) bond motifs is 1. The van der Waals surface area contributed by atoms with Crippen LogP contribution in [0.5, 0.6) is 0 Å². The van der Waals surface area contributed by atoms with Crippen LogP contribution in [0, 0.1) is 0 Å². The van der Waals surface area contributed by atoms with E-state index in [0.29, 0.717) is 17.5 Å². The Labute approximate surface area is 114 Å². The maximum atomic E-state index is 11.4. The van der Waals surface area contributed by atoms with E-state index in [4.69, 9.17) is 9.52 Å². The lowest BCUT2D eigenvalue weighted by Gasteiger charge is -2.06. The lowest BCUT2D eigenvalue weighted by Crippen LogP contribution is -2.20. The number of carbonyl (C=O) groups is 1. The number of aromatic nitrogens is 1. The van der Waals surface area contributed by atoms with Gasteiger partial charge in [-0.2, -0.15) is 4.98 Å². The summed E-state index contributed by atoms with van der Waals surface area (Å²) >= 11 is 0. The van der Waals surface area contributed by atoms with Gasteiger partial charge in [0.25, 0.3) is 6.01 Å². The minimum absolute atomic E-state index is 0.0616. The third kappa shape index (κ3) is 2.46. The van der Waals surface area contributed by atoms with Crippen LogP contribution in [0.1, 0.15) is 16.8 Å². The Bertz CT molecular complexity index is 780. The number of nitrogens with one attached hydrogen (secondary N) is 1. The van der Waals surface area contributed by atoms with Crippen molar-refractivity contribution in [2.45, 2.75) is 12.5 Å². The zero-order chi connectivity index (χ0) is 14.3. The fraction of sp³-hybridized carbons (Fsp3) is 0.333. The second-order valence-electron chi connectivity index (χ2n) is 4.75. The molecule has 1 aromatic carbocycles. The Morgan fingerprint density at radius 2 is 2.25 bits per heavy atom. The van der Waals surface area contributed by atoms with Crippen molar-refractivity contribution < 1.29 is 22.7 Å². The van der Waals surface area contributed by atoms with E-state index in [9.17, 15) is 13.2 Å². The van der Waals surface area contributed by atoms with Gasteiger partial charge in [0.05, 0.1) is 17.1 Å². The van der Waals surface area contributed by atoms with Gasteiger partial charge in [-0.25, -0.2) is 13.2 Å². The average molecular weight is 296 g/mol. The molecule has 1 saturated heterocycles. The van der Waals surface area contributed by atoms with Gasteiger partial charge in [0, 0.05) is 6.04 Å². The highest BCUT2D eigenvalue weighted by Crippen LogP contribution is 2.23. The molecule has 1 aromatic heterocycles. The topological polar surface area (TPSA) is 109 Å². The molecule has 1 atom stereocenters. The van der Waals surface area contributed by atoms with Crippen molar-refractivity contribution in [3.8, 4) is 0 Å². The quantitative estimate of drug-likeness (QED) is 0.873. The number of nitrogens with zero attached hydrogens (tertiary/aromatic N) is 1. The predicted molar refractivity (Wildman–Crippen MR) is 71.6 cm³/mol. The number of carboxylic acid groups (broad SMARTS) is 1. The van der Waals surface area contributed by atoms with Gasteiger partial charge in [0.15, 0.2) is 15.4 Å². The Balaban J connectivity index is 1.84. The standard InChI is InChI=1S/C12H12N2O5S/c15-11(16)7-1-2-9-10(5-7)19-12(14-9)13-8-3-4-20(17,18)6-8/h1-2,5,8H,3-4,6H2,(H,13,14)(H,15,16). The third-order valence-electron chi connectivity index (χ3n) is 3.20. The van der Waals surface area contributed by atoms with Crippen LogP contribution in [0.2, 0.25) is 0 Å². The summed E-state index contributed by atoms with van der Waals surface area (Å²) in [5.41, 5.74) is 0.996. The van der Waals surface area contributed by atoms with Crippen LogP contribution in [0.25, 0.3) is 11.1 Å². The van der Waals surface area contributed by atoms with Crippen LogP contribution in [-0.4, -0.2) is 42.0 Å².